The molecule has 0 saturated heterocycles. The van der Waals surface area contributed by atoms with Crippen molar-refractivity contribution in [2.75, 3.05) is 5.32 Å². The molecule has 1 amide bonds. The van der Waals surface area contributed by atoms with Crippen molar-refractivity contribution in [3.63, 3.8) is 0 Å². The van der Waals surface area contributed by atoms with Crippen LogP contribution in [0.4, 0.5) is 10.2 Å². The summed E-state index contributed by atoms with van der Waals surface area (Å²) in [5, 5.41) is 12.9. The highest BCUT2D eigenvalue weighted by molar-refractivity contribution is 5.92. The zero-order chi connectivity index (χ0) is 23.5. The SMILES string of the molecule is O=C(Cc1ccc(F)cc1)Nc1nc2c(nc1Cc1ccccc1)-c1ccc(O)cc1CCC2. The number of phenols is 1. The Hall–Kier alpha value is -4.06. The van der Waals surface area contributed by atoms with Gasteiger partial charge in [0.15, 0.2) is 5.82 Å². The highest BCUT2D eigenvalue weighted by Gasteiger charge is 2.22. The molecule has 0 saturated carbocycles. The van der Waals surface area contributed by atoms with Gasteiger partial charge in [-0.1, -0.05) is 42.5 Å². The number of phenolic OH excluding ortho intramolecular Hbond substituents is 1. The van der Waals surface area contributed by atoms with Gasteiger partial charge in [-0.15, -0.1) is 0 Å². The van der Waals surface area contributed by atoms with Gasteiger partial charge in [0.2, 0.25) is 5.91 Å². The van der Waals surface area contributed by atoms with Gasteiger partial charge in [0, 0.05) is 12.0 Å². The van der Waals surface area contributed by atoms with Crippen LogP contribution in [-0.4, -0.2) is 21.0 Å². The Morgan fingerprint density at radius 1 is 0.941 bits per heavy atom. The van der Waals surface area contributed by atoms with Crippen LogP contribution in [0.25, 0.3) is 11.3 Å². The van der Waals surface area contributed by atoms with Crippen molar-refractivity contribution in [1.82, 2.24) is 9.97 Å². The van der Waals surface area contributed by atoms with Crippen LogP contribution >= 0.6 is 0 Å². The second-order valence-electron chi connectivity index (χ2n) is 8.52. The fourth-order valence-electron chi connectivity index (χ4n) is 4.34. The summed E-state index contributed by atoms with van der Waals surface area (Å²) in [4.78, 5) is 22.7. The normalized spacial score (nSPS) is 12.4. The molecule has 0 fully saturated rings. The molecule has 0 aliphatic heterocycles. The van der Waals surface area contributed by atoms with Crippen LogP contribution < -0.4 is 5.32 Å². The first-order valence-corrected chi connectivity index (χ1v) is 11.4. The van der Waals surface area contributed by atoms with Gasteiger partial charge in [0.1, 0.15) is 11.6 Å². The van der Waals surface area contributed by atoms with E-state index in [4.69, 9.17) is 9.97 Å². The van der Waals surface area contributed by atoms with Crippen LogP contribution in [0.1, 0.15) is 34.5 Å². The number of halogens is 1. The van der Waals surface area contributed by atoms with Crippen molar-refractivity contribution < 1.29 is 14.3 Å². The summed E-state index contributed by atoms with van der Waals surface area (Å²) >= 11 is 0. The highest BCUT2D eigenvalue weighted by atomic mass is 19.1. The standard InChI is InChI=1S/C28H24FN3O2/c29-21-11-9-19(10-12-21)16-26(34)32-28-25(15-18-5-2-1-3-6-18)30-27-23-14-13-22(33)17-20(23)7-4-8-24(27)31-28/h1-3,5-6,9-14,17,33H,4,7-8,15-16H2,(H,31,32,34). The second-order valence-corrected chi connectivity index (χ2v) is 8.52. The van der Waals surface area contributed by atoms with Gasteiger partial charge < -0.3 is 10.4 Å². The summed E-state index contributed by atoms with van der Waals surface area (Å²) in [7, 11) is 0. The lowest BCUT2D eigenvalue weighted by Gasteiger charge is -2.15. The van der Waals surface area contributed by atoms with Crippen LogP contribution in [0.5, 0.6) is 5.75 Å². The number of fused-ring (bicyclic) bond motifs is 3. The average Bonchev–Trinajstić information content (AvgIpc) is 3.00. The Labute approximate surface area is 197 Å². The molecule has 3 aromatic carbocycles. The van der Waals surface area contributed by atoms with E-state index in [1.165, 1.54) is 12.1 Å². The quantitative estimate of drug-likeness (QED) is 0.433. The van der Waals surface area contributed by atoms with Crippen molar-refractivity contribution in [3.8, 4) is 17.0 Å². The molecule has 6 heteroatoms. The summed E-state index contributed by atoms with van der Waals surface area (Å²) < 4.78 is 13.2. The predicted octanol–water partition coefficient (Wildman–Crippen LogP) is 5.25. The number of nitrogens with zero attached hydrogens (tertiary/aromatic N) is 2. The van der Waals surface area contributed by atoms with E-state index in [1.54, 1.807) is 24.3 Å². The Kier molecular flexibility index (Phi) is 6.04. The van der Waals surface area contributed by atoms with Crippen LogP contribution in [0.3, 0.4) is 0 Å². The van der Waals surface area contributed by atoms with Gasteiger partial charge in [-0.2, -0.15) is 0 Å². The lowest BCUT2D eigenvalue weighted by atomic mass is 10.0. The molecule has 1 aliphatic rings. The van der Waals surface area contributed by atoms with Gasteiger partial charge >= 0.3 is 0 Å². The van der Waals surface area contributed by atoms with E-state index in [9.17, 15) is 14.3 Å². The minimum Gasteiger partial charge on any atom is -0.508 e. The van der Waals surface area contributed by atoms with Gasteiger partial charge in [0.05, 0.1) is 23.5 Å². The first-order valence-electron chi connectivity index (χ1n) is 11.4. The predicted molar refractivity (Wildman–Crippen MR) is 129 cm³/mol. The van der Waals surface area contributed by atoms with E-state index in [0.29, 0.717) is 17.9 Å². The Bertz CT molecular complexity index is 1340. The second kappa shape index (κ2) is 9.43. The van der Waals surface area contributed by atoms with Crippen molar-refractivity contribution >= 4 is 11.7 Å². The fourth-order valence-corrected chi connectivity index (χ4v) is 4.34. The minimum absolute atomic E-state index is 0.117. The molecule has 170 valence electrons. The van der Waals surface area contributed by atoms with E-state index in [2.05, 4.69) is 5.32 Å². The molecule has 34 heavy (non-hydrogen) atoms. The third kappa shape index (κ3) is 4.81. The Morgan fingerprint density at radius 3 is 2.53 bits per heavy atom. The number of nitrogens with one attached hydrogen (secondary N) is 1. The molecular weight excluding hydrogens is 429 g/mol. The Balaban J connectivity index is 1.52. The Morgan fingerprint density at radius 2 is 1.74 bits per heavy atom. The van der Waals surface area contributed by atoms with Crippen LogP contribution in [-0.2, 0) is 30.5 Å². The molecule has 1 heterocycles. The van der Waals surface area contributed by atoms with Crippen molar-refractivity contribution in [2.24, 2.45) is 0 Å². The minimum atomic E-state index is -0.334. The van der Waals surface area contributed by atoms with Crippen molar-refractivity contribution in [3.05, 3.63) is 107 Å². The van der Waals surface area contributed by atoms with Gasteiger partial charge in [-0.3, -0.25) is 4.79 Å². The zero-order valence-electron chi connectivity index (χ0n) is 18.6. The number of aryl methyl sites for hydroxylation is 2. The van der Waals surface area contributed by atoms with Crippen molar-refractivity contribution in [2.45, 2.75) is 32.1 Å². The third-order valence-electron chi connectivity index (χ3n) is 5.99. The summed E-state index contributed by atoms with van der Waals surface area (Å²) in [6, 6.07) is 21.2. The number of rotatable bonds is 5. The van der Waals surface area contributed by atoms with Crippen LogP contribution in [0, 0.1) is 5.82 Å². The third-order valence-corrected chi connectivity index (χ3v) is 5.99. The number of hydrogen-bond acceptors (Lipinski definition) is 4. The number of carbonyl (C=O) groups is 1. The maximum atomic E-state index is 13.2. The molecule has 1 aliphatic carbocycles. The molecule has 5 nitrogen and oxygen atoms in total. The maximum Gasteiger partial charge on any atom is 0.229 e. The number of benzene rings is 3. The van der Waals surface area contributed by atoms with E-state index < -0.39 is 0 Å². The molecule has 1 aromatic heterocycles. The molecule has 0 bridgehead atoms. The van der Waals surface area contributed by atoms with Crippen molar-refractivity contribution in [1.29, 1.82) is 0 Å². The molecule has 0 radical (unpaired) electrons. The first kappa shape index (κ1) is 21.8. The number of amides is 1. The summed E-state index contributed by atoms with van der Waals surface area (Å²) in [5.41, 5.74) is 6.11. The lowest BCUT2D eigenvalue weighted by molar-refractivity contribution is -0.115. The molecule has 0 atom stereocenters. The number of carbonyl (C=O) groups excluding carboxylic acids is 1. The summed E-state index contributed by atoms with van der Waals surface area (Å²) in [6.07, 6.45) is 3.05. The fraction of sp³-hybridized carbons (Fsp3) is 0.179. The van der Waals surface area contributed by atoms with Crippen LogP contribution in [0.15, 0.2) is 72.8 Å². The smallest absolute Gasteiger partial charge is 0.229 e. The van der Waals surface area contributed by atoms with E-state index >= 15 is 0 Å². The summed E-state index contributed by atoms with van der Waals surface area (Å²) in [5.74, 6) is 0.134. The lowest BCUT2D eigenvalue weighted by Crippen LogP contribution is -2.18. The molecule has 5 rings (SSSR count). The van der Waals surface area contributed by atoms with Gasteiger partial charge in [-0.05, 0) is 66.3 Å². The number of aromatic nitrogens is 2. The van der Waals surface area contributed by atoms with Gasteiger partial charge in [-0.25, -0.2) is 14.4 Å². The van der Waals surface area contributed by atoms with E-state index in [1.807, 2.05) is 36.4 Å². The largest absolute Gasteiger partial charge is 0.508 e. The average molecular weight is 454 g/mol. The maximum absolute atomic E-state index is 13.2. The summed E-state index contributed by atoms with van der Waals surface area (Å²) in [6.45, 7) is 0. The molecule has 0 spiro atoms. The monoisotopic (exact) mass is 453 g/mol. The van der Waals surface area contributed by atoms with E-state index in [0.717, 1.165) is 52.9 Å². The van der Waals surface area contributed by atoms with Gasteiger partial charge in [0.25, 0.3) is 0 Å². The first-order chi connectivity index (χ1) is 16.5. The molecular formula is C28H24FN3O2. The molecule has 4 aromatic rings. The number of anilines is 1. The van der Waals surface area contributed by atoms with Crippen LogP contribution in [0.2, 0.25) is 0 Å². The number of hydrogen-bond donors (Lipinski definition) is 2. The topological polar surface area (TPSA) is 75.1 Å². The molecule has 2 N–H and O–H groups in total. The number of aromatic hydroxyl groups is 1. The molecule has 0 unspecified atom stereocenters. The van der Waals surface area contributed by atoms with E-state index in [-0.39, 0.29) is 23.9 Å². The highest BCUT2D eigenvalue weighted by Crippen LogP contribution is 2.34. The zero-order valence-corrected chi connectivity index (χ0v) is 18.6.